The maximum atomic E-state index is 11.5. The number of rotatable bonds is 0. The first-order valence-electron chi connectivity index (χ1n) is 4.98. The van der Waals surface area contributed by atoms with E-state index in [9.17, 15) is 16.8 Å². The Labute approximate surface area is 106 Å². The topological polar surface area (TPSA) is 68.3 Å². The monoisotopic (exact) mass is 280 g/mol. The number of hydrogen-bond acceptors (Lipinski definition) is 4. The van der Waals surface area contributed by atoms with E-state index in [4.69, 9.17) is 0 Å². The second-order valence-corrected chi connectivity index (χ2v) is 7.32. The Morgan fingerprint density at radius 1 is 0.778 bits per heavy atom. The van der Waals surface area contributed by atoms with Crippen LogP contribution in [-0.4, -0.2) is 28.3 Å². The molecule has 2 rings (SSSR count). The minimum atomic E-state index is -3.70. The molecule has 0 spiro atoms. The third-order valence-electron chi connectivity index (χ3n) is 2.23. The predicted molar refractivity (Wildman–Crippen MR) is 67.8 cm³/mol. The summed E-state index contributed by atoms with van der Waals surface area (Å²) in [6.07, 6.45) is 0. The van der Waals surface area contributed by atoms with Crippen molar-refractivity contribution in [1.82, 2.24) is 0 Å². The van der Waals surface area contributed by atoms with Gasteiger partial charge in [0.25, 0.3) is 0 Å². The molecule has 18 heavy (non-hydrogen) atoms. The minimum absolute atomic E-state index is 0.408. The summed E-state index contributed by atoms with van der Waals surface area (Å²) in [7, 11) is -7.41. The average molecular weight is 280 g/mol. The summed E-state index contributed by atoms with van der Waals surface area (Å²) in [5, 5.41) is 4.23. The molecule has 1 aromatic carbocycles. The molecule has 0 radical (unpaired) electrons. The first-order valence-corrected chi connectivity index (χ1v) is 8.28. The van der Waals surface area contributed by atoms with Crippen LogP contribution in [0.2, 0.25) is 0 Å². The summed E-state index contributed by atoms with van der Waals surface area (Å²) >= 11 is 0. The van der Waals surface area contributed by atoms with Crippen LogP contribution in [0.4, 0.5) is 0 Å². The molecule has 0 amide bonds. The normalized spacial score (nSPS) is 19.3. The van der Waals surface area contributed by atoms with Crippen LogP contribution in [0.3, 0.4) is 0 Å². The fourth-order valence-electron chi connectivity index (χ4n) is 1.29. The molecule has 1 heterocycles. The molecule has 1 aromatic rings. The fraction of sp³-hybridized carbons (Fsp3) is 0.167. The van der Waals surface area contributed by atoms with E-state index < -0.39 is 31.2 Å². The van der Waals surface area contributed by atoms with E-state index in [-0.39, 0.29) is 0 Å². The highest BCUT2D eigenvalue weighted by molar-refractivity contribution is 7.99. The molecule has 0 atom stereocenters. The molecule has 0 fully saturated rings. The van der Waals surface area contributed by atoms with Gasteiger partial charge in [0.1, 0.15) is 0 Å². The fourth-order valence-corrected chi connectivity index (χ4v) is 3.78. The minimum Gasteiger partial charge on any atom is -0.215 e. The van der Waals surface area contributed by atoms with Crippen LogP contribution < -0.4 is 0 Å². The highest BCUT2D eigenvalue weighted by Gasteiger charge is 2.15. The van der Waals surface area contributed by atoms with Gasteiger partial charge in [0.15, 0.2) is 0 Å². The maximum absolute atomic E-state index is 11.5. The van der Waals surface area contributed by atoms with Gasteiger partial charge in [-0.2, -0.15) is 0 Å². The van der Waals surface area contributed by atoms with Crippen molar-refractivity contribution in [2.45, 2.75) is 0 Å². The molecule has 4 nitrogen and oxygen atoms in total. The molecule has 1 aliphatic rings. The van der Waals surface area contributed by atoms with Gasteiger partial charge in [0.2, 0.25) is 19.7 Å². The molecular formula is C12H8O4S2. The second kappa shape index (κ2) is 4.49. The van der Waals surface area contributed by atoms with E-state index in [1.807, 2.05) is 0 Å². The van der Waals surface area contributed by atoms with Crippen molar-refractivity contribution in [3.05, 3.63) is 35.4 Å². The molecule has 0 saturated carbocycles. The molecule has 0 bridgehead atoms. The number of sulfone groups is 2. The molecular weight excluding hydrogens is 272 g/mol. The Kier molecular flexibility index (Phi) is 3.16. The highest BCUT2D eigenvalue weighted by Crippen LogP contribution is 2.07. The highest BCUT2D eigenvalue weighted by atomic mass is 32.2. The van der Waals surface area contributed by atoms with E-state index in [1.54, 1.807) is 24.3 Å². The summed E-state index contributed by atoms with van der Waals surface area (Å²) in [5.74, 6) is 3.97. The molecule has 92 valence electrons. The summed E-state index contributed by atoms with van der Waals surface area (Å²) < 4.78 is 46.0. The number of hydrogen-bond donors (Lipinski definition) is 0. The summed E-state index contributed by atoms with van der Waals surface area (Å²) in [4.78, 5) is 0. The van der Waals surface area contributed by atoms with Crippen molar-refractivity contribution in [3.8, 4) is 22.3 Å². The second-order valence-electron chi connectivity index (χ2n) is 3.64. The Morgan fingerprint density at radius 3 is 1.56 bits per heavy atom. The smallest absolute Gasteiger partial charge is 0.215 e. The summed E-state index contributed by atoms with van der Waals surface area (Å²) in [6, 6.07) is 6.56. The largest absolute Gasteiger partial charge is 0.218 e. The van der Waals surface area contributed by atoms with Crippen LogP contribution in [-0.2, 0) is 19.7 Å². The zero-order valence-electron chi connectivity index (χ0n) is 9.17. The van der Waals surface area contributed by atoms with Crippen LogP contribution in [0.1, 0.15) is 11.1 Å². The molecule has 0 N–H and O–H groups in total. The van der Waals surface area contributed by atoms with Gasteiger partial charge < -0.3 is 0 Å². The Balaban J connectivity index is 2.70. The summed E-state index contributed by atoms with van der Waals surface area (Å²) in [6.45, 7) is 0. The zero-order chi connectivity index (χ0) is 13.2. The average Bonchev–Trinajstić information content (AvgIpc) is 2.32. The van der Waals surface area contributed by atoms with Gasteiger partial charge in [-0.15, -0.1) is 0 Å². The van der Waals surface area contributed by atoms with Crippen molar-refractivity contribution < 1.29 is 16.8 Å². The van der Waals surface area contributed by atoms with Crippen molar-refractivity contribution in [1.29, 1.82) is 0 Å². The van der Waals surface area contributed by atoms with Gasteiger partial charge in [-0.05, 0) is 24.0 Å². The SMILES string of the molecule is O=S1(=O)C#Cc2ccccc2C#CS(=O)(=O)CC1. The summed E-state index contributed by atoms with van der Waals surface area (Å²) in [5.41, 5.74) is 0.816. The quantitative estimate of drug-likeness (QED) is 0.634. The van der Waals surface area contributed by atoms with E-state index in [0.717, 1.165) is 0 Å². The van der Waals surface area contributed by atoms with Crippen LogP contribution >= 0.6 is 0 Å². The molecule has 0 aromatic heterocycles. The van der Waals surface area contributed by atoms with Gasteiger partial charge in [-0.3, -0.25) is 0 Å². The lowest BCUT2D eigenvalue weighted by Crippen LogP contribution is -2.15. The Bertz CT molecular complexity index is 739. The van der Waals surface area contributed by atoms with Crippen LogP contribution in [0.25, 0.3) is 0 Å². The van der Waals surface area contributed by atoms with Crippen molar-refractivity contribution >= 4 is 19.7 Å². The molecule has 6 heteroatoms. The number of fused-ring (bicyclic) bond motifs is 1. The van der Waals surface area contributed by atoms with Crippen molar-refractivity contribution in [3.63, 3.8) is 0 Å². The maximum Gasteiger partial charge on any atom is 0.218 e. The van der Waals surface area contributed by atoms with Crippen molar-refractivity contribution in [2.24, 2.45) is 0 Å². The van der Waals surface area contributed by atoms with E-state index >= 15 is 0 Å². The van der Waals surface area contributed by atoms with Gasteiger partial charge in [0, 0.05) is 21.6 Å². The Hall–Kier alpha value is -1.76. The van der Waals surface area contributed by atoms with Crippen LogP contribution in [0.5, 0.6) is 0 Å². The third-order valence-corrected chi connectivity index (χ3v) is 4.80. The van der Waals surface area contributed by atoms with Crippen LogP contribution in [0, 0.1) is 22.3 Å². The first-order chi connectivity index (χ1) is 8.38. The van der Waals surface area contributed by atoms with Crippen LogP contribution in [0.15, 0.2) is 24.3 Å². The van der Waals surface area contributed by atoms with Crippen molar-refractivity contribution in [2.75, 3.05) is 11.5 Å². The standard InChI is InChI=1S/C12H8O4S2/c13-17(14)7-5-11-3-1-2-4-12(11)6-8-18(15,16)10-9-17/h1-4H,9-10H2. The van der Waals surface area contributed by atoms with Gasteiger partial charge in [0.05, 0.1) is 11.5 Å². The Morgan fingerprint density at radius 2 is 1.17 bits per heavy atom. The zero-order valence-corrected chi connectivity index (χ0v) is 10.8. The molecule has 1 aliphatic heterocycles. The van der Waals surface area contributed by atoms with E-state index in [1.165, 1.54) is 0 Å². The lowest BCUT2D eigenvalue weighted by Gasteiger charge is -1.99. The van der Waals surface area contributed by atoms with E-state index in [0.29, 0.717) is 11.1 Å². The van der Waals surface area contributed by atoms with Gasteiger partial charge in [-0.25, -0.2) is 16.8 Å². The van der Waals surface area contributed by atoms with E-state index in [2.05, 4.69) is 22.3 Å². The molecule has 0 saturated heterocycles. The lowest BCUT2D eigenvalue weighted by molar-refractivity contribution is 0.598. The lowest BCUT2D eigenvalue weighted by atomic mass is 10.1. The molecule has 0 unspecified atom stereocenters. The third kappa shape index (κ3) is 3.13. The first kappa shape index (κ1) is 12.7. The molecule has 0 aliphatic carbocycles. The van der Waals surface area contributed by atoms with Gasteiger partial charge in [-0.1, -0.05) is 12.1 Å². The van der Waals surface area contributed by atoms with Gasteiger partial charge >= 0.3 is 0 Å². The predicted octanol–water partition coefficient (Wildman–Crippen LogP) is 0.148. The number of benzene rings is 1.